The fourth-order valence-corrected chi connectivity index (χ4v) is 2.72. The Morgan fingerprint density at radius 3 is 2.95 bits per heavy atom. The molecular weight excluding hydrogens is 248 g/mol. The maximum absolute atomic E-state index is 11.9. The lowest BCUT2D eigenvalue weighted by molar-refractivity contribution is -0.149. The van der Waals surface area contributed by atoms with E-state index in [2.05, 4.69) is 11.8 Å². The van der Waals surface area contributed by atoms with Gasteiger partial charge in [0.05, 0.1) is 18.6 Å². The van der Waals surface area contributed by atoms with Gasteiger partial charge in [0.15, 0.2) is 0 Å². The first-order valence-electron chi connectivity index (χ1n) is 6.94. The van der Waals surface area contributed by atoms with Gasteiger partial charge in [-0.15, -0.1) is 0 Å². The zero-order chi connectivity index (χ0) is 13.8. The van der Waals surface area contributed by atoms with Gasteiger partial charge >= 0.3 is 5.97 Å². The van der Waals surface area contributed by atoms with Crippen LogP contribution >= 0.6 is 0 Å². The fraction of sp³-hybridized carbons (Fsp3) is 0.846. The highest BCUT2D eigenvalue weighted by Gasteiger charge is 2.32. The van der Waals surface area contributed by atoms with Crippen molar-refractivity contribution in [3.8, 4) is 0 Å². The zero-order valence-electron chi connectivity index (χ0n) is 11.4. The Morgan fingerprint density at radius 2 is 2.26 bits per heavy atom. The van der Waals surface area contributed by atoms with Crippen LogP contribution in [0.3, 0.4) is 0 Å². The number of carbonyl (C=O) groups is 2. The van der Waals surface area contributed by atoms with Crippen molar-refractivity contribution in [1.29, 1.82) is 0 Å². The van der Waals surface area contributed by atoms with Crippen molar-refractivity contribution in [2.45, 2.75) is 25.9 Å². The van der Waals surface area contributed by atoms with E-state index in [0.717, 1.165) is 19.6 Å². The maximum Gasteiger partial charge on any atom is 0.308 e. The van der Waals surface area contributed by atoms with Crippen LogP contribution in [0.25, 0.3) is 0 Å². The lowest BCUT2D eigenvalue weighted by Crippen LogP contribution is -2.51. The Balaban J connectivity index is 1.89. The topological polar surface area (TPSA) is 70.1 Å². The summed E-state index contributed by atoms with van der Waals surface area (Å²) in [5.74, 6) is -1.18. The van der Waals surface area contributed by atoms with Crippen molar-refractivity contribution in [2.24, 2.45) is 5.92 Å². The predicted molar refractivity (Wildman–Crippen MR) is 68.8 cm³/mol. The van der Waals surface area contributed by atoms with Crippen LogP contribution in [0.2, 0.25) is 0 Å². The molecule has 0 radical (unpaired) electrons. The lowest BCUT2D eigenvalue weighted by Gasteiger charge is -2.37. The number of carboxylic acid groups (broad SMARTS) is 1. The van der Waals surface area contributed by atoms with E-state index < -0.39 is 11.9 Å². The normalized spacial score (nSPS) is 29.5. The predicted octanol–water partition coefficient (Wildman–Crippen LogP) is 0.0303. The quantitative estimate of drug-likeness (QED) is 0.780. The Labute approximate surface area is 113 Å². The van der Waals surface area contributed by atoms with E-state index in [-0.39, 0.29) is 12.0 Å². The highest BCUT2D eigenvalue weighted by atomic mass is 16.5. The van der Waals surface area contributed by atoms with Gasteiger partial charge in [0.25, 0.3) is 0 Å². The Kier molecular flexibility index (Phi) is 4.76. The van der Waals surface area contributed by atoms with Gasteiger partial charge in [-0.05, 0) is 13.0 Å². The SMILES string of the molecule is CCN1CCOC(CN2CC(C(=O)O)CCC2=O)C1. The van der Waals surface area contributed by atoms with Gasteiger partial charge < -0.3 is 14.7 Å². The molecule has 0 aromatic heterocycles. The first-order chi connectivity index (χ1) is 9.10. The number of carboxylic acids is 1. The second kappa shape index (κ2) is 6.34. The van der Waals surface area contributed by atoms with Crippen molar-refractivity contribution < 1.29 is 19.4 Å². The molecule has 2 rings (SSSR count). The Hall–Kier alpha value is -1.14. The third kappa shape index (κ3) is 3.67. The molecule has 0 spiro atoms. The molecule has 0 aliphatic carbocycles. The number of piperidine rings is 1. The molecule has 2 saturated heterocycles. The molecule has 0 saturated carbocycles. The Bertz CT molecular complexity index is 348. The standard InChI is InChI=1S/C13H22N2O4/c1-2-14-5-6-19-11(8-14)9-15-7-10(13(17)18)3-4-12(15)16/h10-11H,2-9H2,1H3,(H,17,18). The van der Waals surface area contributed by atoms with E-state index >= 15 is 0 Å². The van der Waals surface area contributed by atoms with Crippen molar-refractivity contribution in [2.75, 3.05) is 39.3 Å². The minimum absolute atomic E-state index is 0.00481. The summed E-state index contributed by atoms with van der Waals surface area (Å²) < 4.78 is 5.67. The fourth-order valence-electron chi connectivity index (χ4n) is 2.72. The highest BCUT2D eigenvalue weighted by molar-refractivity contribution is 5.80. The largest absolute Gasteiger partial charge is 0.481 e. The first-order valence-corrected chi connectivity index (χ1v) is 6.94. The number of carbonyl (C=O) groups excluding carboxylic acids is 1. The second-order valence-electron chi connectivity index (χ2n) is 5.26. The van der Waals surface area contributed by atoms with Gasteiger partial charge in [-0.3, -0.25) is 14.5 Å². The van der Waals surface area contributed by atoms with Crippen molar-refractivity contribution in [1.82, 2.24) is 9.80 Å². The maximum atomic E-state index is 11.9. The average Bonchev–Trinajstić information content (AvgIpc) is 2.41. The molecule has 2 heterocycles. The lowest BCUT2D eigenvalue weighted by atomic mass is 9.97. The highest BCUT2D eigenvalue weighted by Crippen LogP contribution is 2.19. The second-order valence-corrected chi connectivity index (χ2v) is 5.26. The molecule has 0 aromatic carbocycles. The van der Waals surface area contributed by atoms with E-state index in [1.165, 1.54) is 0 Å². The van der Waals surface area contributed by atoms with Crippen molar-refractivity contribution in [3.63, 3.8) is 0 Å². The number of nitrogens with zero attached hydrogens (tertiary/aromatic N) is 2. The average molecular weight is 270 g/mol. The molecule has 1 N–H and O–H groups in total. The molecular formula is C13H22N2O4. The molecule has 0 bridgehead atoms. The molecule has 0 aromatic rings. The van der Waals surface area contributed by atoms with Gasteiger partial charge in [0, 0.05) is 32.6 Å². The number of hydrogen-bond acceptors (Lipinski definition) is 4. The smallest absolute Gasteiger partial charge is 0.308 e. The molecule has 1 amide bonds. The summed E-state index contributed by atoms with van der Waals surface area (Å²) >= 11 is 0. The molecule has 2 fully saturated rings. The summed E-state index contributed by atoms with van der Waals surface area (Å²) in [6.45, 7) is 6.35. The molecule has 2 aliphatic heterocycles. The molecule has 108 valence electrons. The summed E-state index contributed by atoms with van der Waals surface area (Å²) in [6.07, 6.45) is 0.795. The third-order valence-corrected chi connectivity index (χ3v) is 3.94. The van der Waals surface area contributed by atoms with E-state index in [1.54, 1.807) is 4.90 Å². The number of likely N-dealkylation sites (N-methyl/N-ethyl adjacent to an activating group) is 1. The number of amides is 1. The molecule has 2 aliphatic rings. The van der Waals surface area contributed by atoms with Gasteiger partial charge in [-0.1, -0.05) is 6.92 Å². The van der Waals surface area contributed by atoms with Crippen LogP contribution in [0, 0.1) is 5.92 Å². The summed E-state index contributed by atoms with van der Waals surface area (Å²) in [5.41, 5.74) is 0. The van der Waals surface area contributed by atoms with E-state index in [0.29, 0.717) is 32.5 Å². The molecule has 2 unspecified atom stereocenters. The summed E-state index contributed by atoms with van der Waals surface area (Å²) in [6, 6.07) is 0. The van der Waals surface area contributed by atoms with Crippen molar-refractivity contribution in [3.05, 3.63) is 0 Å². The van der Waals surface area contributed by atoms with E-state index in [4.69, 9.17) is 9.84 Å². The first kappa shape index (κ1) is 14.3. The monoisotopic (exact) mass is 270 g/mol. The number of ether oxygens (including phenoxy) is 1. The van der Waals surface area contributed by atoms with Crippen LogP contribution in [0.1, 0.15) is 19.8 Å². The zero-order valence-corrected chi connectivity index (χ0v) is 11.4. The number of rotatable bonds is 4. The summed E-state index contributed by atoms with van der Waals surface area (Å²) in [5, 5.41) is 9.05. The molecule has 2 atom stereocenters. The van der Waals surface area contributed by atoms with Gasteiger partial charge in [-0.2, -0.15) is 0 Å². The van der Waals surface area contributed by atoms with Crippen LogP contribution in [0.5, 0.6) is 0 Å². The summed E-state index contributed by atoms with van der Waals surface area (Å²) in [7, 11) is 0. The number of likely N-dealkylation sites (tertiary alicyclic amines) is 1. The summed E-state index contributed by atoms with van der Waals surface area (Å²) in [4.78, 5) is 26.8. The van der Waals surface area contributed by atoms with Crippen LogP contribution < -0.4 is 0 Å². The van der Waals surface area contributed by atoms with Gasteiger partial charge in [0.2, 0.25) is 5.91 Å². The number of morpholine rings is 1. The minimum Gasteiger partial charge on any atom is -0.481 e. The van der Waals surface area contributed by atoms with Crippen molar-refractivity contribution >= 4 is 11.9 Å². The van der Waals surface area contributed by atoms with Crippen LogP contribution in [0.15, 0.2) is 0 Å². The van der Waals surface area contributed by atoms with Gasteiger partial charge in [0.1, 0.15) is 0 Å². The third-order valence-electron chi connectivity index (χ3n) is 3.94. The van der Waals surface area contributed by atoms with Crippen LogP contribution in [0.4, 0.5) is 0 Å². The molecule has 6 nitrogen and oxygen atoms in total. The van der Waals surface area contributed by atoms with Crippen LogP contribution in [-0.2, 0) is 14.3 Å². The molecule has 19 heavy (non-hydrogen) atoms. The minimum atomic E-state index is -0.808. The Morgan fingerprint density at radius 1 is 1.47 bits per heavy atom. The van der Waals surface area contributed by atoms with E-state index in [9.17, 15) is 9.59 Å². The van der Waals surface area contributed by atoms with Crippen LogP contribution in [-0.4, -0.2) is 72.2 Å². The molecule has 6 heteroatoms. The van der Waals surface area contributed by atoms with E-state index in [1.807, 2.05) is 0 Å². The number of aliphatic carboxylic acids is 1. The van der Waals surface area contributed by atoms with Gasteiger partial charge in [-0.25, -0.2) is 0 Å². The number of hydrogen-bond donors (Lipinski definition) is 1.